The average Bonchev–Trinajstić information content (AvgIpc) is 3.35. The van der Waals surface area contributed by atoms with E-state index in [4.69, 9.17) is 20.8 Å². The minimum absolute atomic E-state index is 0.0501. The van der Waals surface area contributed by atoms with Crippen molar-refractivity contribution in [2.75, 3.05) is 26.2 Å². The van der Waals surface area contributed by atoms with Crippen molar-refractivity contribution in [3.8, 4) is 5.75 Å². The maximum absolute atomic E-state index is 13.4. The Morgan fingerprint density at radius 1 is 1.38 bits per heavy atom. The monoisotopic (exact) mass is 476 g/mol. The van der Waals surface area contributed by atoms with Gasteiger partial charge in [0.1, 0.15) is 11.6 Å². The number of aryl methyl sites for hydroxylation is 1. The minimum atomic E-state index is -4.24. The van der Waals surface area contributed by atoms with Crippen LogP contribution < -0.4 is 10.1 Å². The number of nitrogens with one attached hydrogen (secondary N) is 1. The predicted molar refractivity (Wildman–Crippen MR) is 107 cm³/mol. The lowest BCUT2D eigenvalue weighted by molar-refractivity contribution is -0.143. The zero-order chi connectivity index (χ0) is 23.3. The Kier molecular flexibility index (Phi) is 7.73. The number of amides is 1. The molecule has 0 bridgehead atoms. The van der Waals surface area contributed by atoms with E-state index in [-0.39, 0.29) is 29.8 Å². The van der Waals surface area contributed by atoms with Gasteiger partial charge in [0.15, 0.2) is 6.61 Å². The maximum atomic E-state index is 13.4. The number of aromatic nitrogens is 2. The van der Waals surface area contributed by atoms with Crippen molar-refractivity contribution in [2.45, 2.75) is 31.4 Å². The molecule has 2 aromatic rings. The Morgan fingerprint density at radius 2 is 2.16 bits per heavy atom. The quantitative estimate of drug-likeness (QED) is 0.554. The van der Waals surface area contributed by atoms with Crippen LogP contribution in [0.4, 0.5) is 17.6 Å². The third-order valence-corrected chi connectivity index (χ3v) is 5.03. The molecule has 1 amide bonds. The topological polar surface area (TPSA) is 80.5 Å². The molecule has 1 aromatic heterocycles. The van der Waals surface area contributed by atoms with Gasteiger partial charge in [-0.3, -0.25) is 9.69 Å². The number of hydrogen-bond acceptors (Lipinski definition) is 6. The molecular formula is C20H21ClF4N4O3. The highest BCUT2D eigenvalue weighted by molar-refractivity contribution is 6.30. The van der Waals surface area contributed by atoms with Gasteiger partial charge in [0, 0.05) is 24.7 Å². The summed E-state index contributed by atoms with van der Waals surface area (Å²) in [6.07, 6.45) is -3.12. The highest BCUT2D eigenvalue weighted by atomic mass is 35.5. The summed E-state index contributed by atoms with van der Waals surface area (Å²) in [7, 11) is 0. The molecule has 12 heteroatoms. The number of carbonyl (C=O) groups is 1. The van der Waals surface area contributed by atoms with Crippen molar-refractivity contribution < 1.29 is 31.5 Å². The van der Waals surface area contributed by atoms with E-state index in [1.165, 1.54) is 17.0 Å². The molecule has 1 aromatic carbocycles. The minimum Gasteiger partial charge on any atom is -0.484 e. The molecule has 1 unspecified atom stereocenters. The van der Waals surface area contributed by atoms with E-state index in [0.29, 0.717) is 43.3 Å². The third-order valence-electron chi connectivity index (χ3n) is 4.72. The van der Waals surface area contributed by atoms with Crippen LogP contribution >= 0.6 is 11.6 Å². The lowest BCUT2D eigenvalue weighted by Gasteiger charge is -2.16. The van der Waals surface area contributed by atoms with E-state index in [9.17, 15) is 22.4 Å². The largest absolute Gasteiger partial charge is 0.484 e. The van der Waals surface area contributed by atoms with Gasteiger partial charge in [-0.05, 0) is 31.5 Å². The fourth-order valence-corrected chi connectivity index (χ4v) is 3.35. The van der Waals surface area contributed by atoms with Gasteiger partial charge in [-0.25, -0.2) is 4.39 Å². The molecule has 0 saturated carbocycles. The summed E-state index contributed by atoms with van der Waals surface area (Å²) in [4.78, 5) is 13.3. The molecule has 0 spiro atoms. The van der Waals surface area contributed by atoms with Crippen molar-refractivity contribution in [1.29, 1.82) is 0 Å². The number of alkyl halides is 3. The summed E-state index contributed by atoms with van der Waals surface area (Å²) in [6, 6.07) is 3.83. The highest BCUT2D eigenvalue weighted by Crippen LogP contribution is 2.29. The van der Waals surface area contributed by atoms with Crippen molar-refractivity contribution in [1.82, 2.24) is 20.4 Å². The number of carbonyl (C=O) groups excluding carboxylic acids is 1. The molecule has 7 nitrogen and oxygen atoms in total. The van der Waals surface area contributed by atoms with Crippen LogP contribution in [0, 0.1) is 5.82 Å². The Balaban J connectivity index is 1.39. The summed E-state index contributed by atoms with van der Waals surface area (Å²) in [5, 5.41) is 10.4. The normalized spacial score (nSPS) is 16.8. The van der Waals surface area contributed by atoms with Crippen molar-refractivity contribution in [2.24, 2.45) is 0 Å². The number of benzene rings is 1. The molecule has 0 aliphatic carbocycles. The SMILES string of the molecule is C=C(CCc1nnc(C2CCN(CC(F)(F)F)C2)o1)NC(=O)COc1ccc(Cl)c(F)c1. The smallest absolute Gasteiger partial charge is 0.401 e. The van der Waals surface area contributed by atoms with Crippen LogP contribution in [0.1, 0.15) is 30.5 Å². The Hall–Kier alpha value is -2.66. The fourth-order valence-electron chi connectivity index (χ4n) is 3.23. The van der Waals surface area contributed by atoms with E-state index in [0.717, 1.165) is 6.07 Å². The number of rotatable bonds is 9. The first kappa shape index (κ1) is 24.0. The molecule has 1 atom stereocenters. The molecule has 1 aliphatic rings. The summed E-state index contributed by atoms with van der Waals surface area (Å²) < 4.78 is 61.7. The van der Waals surface area contributed by atoms with Gasteiger partial charge in [0.2, 0.25) is 11.8 Å². The lowest BCUT2D eigenvalue weighted by atomic mass is 10.1. The van der Waals surface area contributed by atoms with Crippen LogP contribution in [0.2, 0.25) is 5.02 Å². The van der Waals surface area contributed by atoms with Crippen LogP contribution in [0.25, 0.3) is 0 Å². The molecule has 1 aliphatic heterocycles. The molecule has 0 radical (unpaired) electrons. The number of halogens is 5. The molecule has 32 heavy (non-hydrogen) atoms. The standard InChI is InChI=1S/C20H21ClF4N4O3/c1-12(26-17(30)10-31-14-3-4-15(21)16(22)8-14)2-5-18-27-28-19(32-18)13-6-7-29(9-13)11-20(23,24)25/h3-4,8,13H,1-2,5-7,9-11H2,(H,26,30). The molecule has 3 rings (SSSR count). The van der Waals surface area contributed by atoms with Gasteiger partial charge in [0.25, 0.3) is 5.91 Å². The number of hydrogen-bond donors (Lipinski definition) is 1. The summed E-state index contributed by atoms with van der Waals surface area (Å²) >= 11 is 5.58. The van der Waals surface area contributed by atoms with E-state index < -0.39 is 24.4 Å². The number of likely N-dealkylation sites (tertiary alicyclic amines) is 1. The van der Waals surface area contributed by atoms with Crippen LogP contribution in [0.5, 0.6) is 5.75 Å². The van der Waals surface area contributed by atoms with Gasteiger partial charge >= 0.3 is 6.18 Å². The molecule has 1 fully saturated rings. The van der Waals surface area contributed by atoms with Crippen molar-refractivity contribution in [3.63, 3.8) is 0 Å². The van der Waals surface area contributed by atoms with E-state index >= 15 is 0 Å². The average molecular weight is 477 g/mol. The summed E-state index contributed by atoms with van der Waals surface area (Å²) in [6.45, 7) is 2.97. The number of allylic oxidation sites excluding steroid dienone is 1. The zero-order valence-corrected chi connectivity index (χ0v) is 17.7. The zero-order valence-electron chi connectivity index (χ0n) is 16.9. The van der Waals surface area contributed by atoms with Gasteiger partial charge in [0.05, 0.1) is 17.5 Å². The molecule has 174 valence electrons. The lowest BCUT2D eigenvalue weighted by Crippen LogP contribution is -2.32. The number of nitrogens with zero attached hydrogens (tertiary/aromatic N) is 3. The first-order valence-electron chi connectivity index (χ1n) is 9.76. The number of ether oxygens (including phenoxy) is 1. The maximum Gasteiger partial charge on any atom is 0.401 e. The second kappa shape index (κ2) is 10.3. The van der Waals surface area contributed by atoms with Crippen LogP contribution in [0.15, 0.2) is 34.9 Å². The first-order valence-corrected chi connectivity index (χ1v) is 10.1. The van der Waals surface area contributed by atoms with Gasteiger partial charge in [-0.1, -0.05) is 18.2 Å². The Morgan fingerprint density at radius 3 is 2.88 bits per heavy atom. The molecule has 1 N–H and O–H groups in total. The predicted octanol–water partition coefficient (Wildman–Crippen LogP) is 3.86. The van der Waals surface area contributed by atoms with Gasteiger partial charge < -0.3 is 14.5 Å². The Bertz CT molecular complexity index is 967. The summed E-state index contributed by atoms with van der Waals surface area (Å²) in [5.41, 5.74) is 0.387. The van der Waals surface area contributed by atoms with Crippen molar-refractivity contribution >= 4 is 17.5 Å². The molecular weight excluding hydrogens is 456 g/mol. The van der Waals surface area contributed by atoms with Crippen LogP contribution in [-0.4, -0.2) is 53.4 Å². The van der Waals surface area contributed by atoms with Crippen LogP contribution in [0.3, 0.4) is 0 Å². The summed E-state index contributed by atoms with van der Waals surface area (Å²) in [5.74, 6) is -0.602. The second-order valence-corrected chi connectivity index (χ2v) is 7.79. The second-order valence-electron chi connectivity index (χ2n) is 7.39. The molecule has 2 heterocycles. The van der Waals surface area contributed by atoms with Crippen LogP contribution in [-0.2, 0) is 11.2 Å². The fraction of sp³-hybridized carbons (Fsp3) is 0.450. The Labute approximate surface area is 186 Å². The van der Waals surface area contributed by atoms with E-state index in [2.05, 4.69) is 22.1 Å². The van der Waals surface area contributed by atoms with E-state index in [1.54, 1.807) is 0 Å². The third kappa shape index (κ3) is 7.20. The van der Waals surface area contributed by atoms with Gasteiger partial charge in [-0.15, -0.1) is 10.2 Å². The highest BCUT2D eigenvalue weighted by Gasteiger charge is 2.36. The first-order chi connectivity index (χ1) is 15.1. The van der Waals surface area contributed by atoms with E-state index in [1.807, 2.05) is 0 Å². The van der Waals surface area contributed by atoms with Gasteiger partial charge in [-0.2, -0.15) is 13.2 Å². The van der Waals surface area contributed by atoms with Crippen molar-refractivity contribution in [3.05, 3.63) is 53.1 Å². The molecule has 1 saturated heterocycles.